The van der Waals surface area contributed by atoms with Gasteiger partial charge in [-0.3, -0.25) is 4.90 Å². The van der Waals surface area contributed by atoms with Gasteiger partial charge in [0.15, 0.2) is 5.76 Å². The van der Waals surface area contributed by atoms with E-state index in [1.807, 2.05) is 13.1 Å². The average Bonchev–Trinajstić information content (AvgIpc) is 2.80. The first kappa shape index (κ1) is 15.1. The summed E-state index contributed by atoms with van der Waals surface area (Å²) in [6.07, 6.45) is 0. The van der Waals surface area contributed by atoms with Crippen molar-refractivity contribution < 1.29 is 14.0 Å². The lowest BCUT2D eigenvalue weighted by Gasteiger charge is -2.19. The predicted octanol–water partition coefficient (Wildman–Crippen LogP) is 0.489. The Morgan fingerprint density at radius 3 is 2.50 bits per heavy atom. The molecule has 0 aliphatic rings. The van der Waals surface area contributed by atoms with Crippen LogP contribution in [0.2, 0.25) is 0 Å². The zero-order valence-electron chi connectivity index (χ0n) is 11.4. The number of hydrogen-bond acceptors (Lipinski definition) is 6. The Kier molecular flexibility index (Phi) is 7.59. The maximum Gasteiger partial charge on any atom is 0.151 e. The van der Waals surface area contributed by atoms with E-state index < -0.39 is 0 Å². The lowest BCUT2D eigenvalue weighted by molar-refractivity contribution is 0.104. The average molecular weight is 257 g/mol. The van der Waals surface area contributed by atoms with E-state index in [1.54, 1.807) is 14.2 Å². The Labute approximate surface area is 108 Å². The van der Waals surface area contributed by atoms with Crippen molar-refractivity contribution in [2.45, 2.75) is 13.1 Å². The van der Waals surface area contributed by atoms with Gasteiger partial charge in [-0.1, -0.05) is 5.16 Å². The van der Waals surface area contributed by atoms with Crippen LogP contribution in [0, 0.1) is 0 Å². The molecule has 0 spiro atoms. The van der Waals surface area contributed by atoms with Gasteiger partial charge in [0.25, 0.3) is 0 Å². The zero-order valence-corrected chi connectivity index (χ0v) is 11.4. The number of ether oxygens (including phenoxy) is 2. The summed E-state index contributed by atoms with van der Waals surface area (Å²) in [6.45, 7) is 4.54. The van der Waals surface area contributed by atoms with Crippen molar-refractivity contribution in [1.82, 2.24) is 15.4 Å². The molecule has 6 heteroatoms. The van der Waals surface area contributed by atoms with Crippen LogP contribution in [-0.4, -0.2) is 57.6 Å². The second-order valence-corrected chi connectivity index (χ2v) is 4.08. The van der Waals surface area contributed by atoms with Gasteiger partial charge in [-0.05, 0) is 7.05 Å². The molecular formula is C12H23N3O3. The SMILES string of the molecule is CNCc1cc(CN(CCOC)CCOC)on1. The van der Waals surface area contributed by atoms with E-state index in [0.29, 0.717) is 13.2 Å². The van der Waals surface area contributed by atoms with Crippen LogP contribution in [0.25, 0.3) is 0 Å². The molecule has 1 N–H and O–H groups in total. The van der Waals surface area contributed by atoms with E-state index in [9.17, 15) is 0 Å². The van der Waals surface area contributed by atoms with E-state index in [0.717, 1.165) is 37.6 Å². The summed E-state index contributed by atoms with van der Waals surface area (Å²) in [5.41, 5.74) is 0.922. The second kappa shape index (κ2) is 9.04. The minimum Gasteiger partial charge on any atom is -0.383 e. The van der Waals surface area contributed by atoms with E-state index in [2.05, 4.69) is 15.4 Å². The summed E-state index contributed by atoms with van der Waals surface area (Å²) in [5.74, 6) is 0.868. The highest BCUT2D eigenvalue weighted by Crippen LogP contribution is 2.07. The molecule has 18 heavy (non-hydrogen) atoms. The van der Waals surface area contributed by atoms with Gasteiger partial charge in [0.05, 0.1) is 25.5 Å². The summed E-state index contributed by atoms with van der Waals surface area (Å²) in [4.78, 5) is 2.22. The largest absolute Gasteiger partial charge is 0.383 e. The highest BCUT2D eigenvalue weighted by atomic mass is 16.5. The summed E-state index contributed by atoms with van der Waals surface area (Å²) < 4.78 is 15.5. The third kappa shape index (κ3) is 5.59. The maximum atomic E-state index is 5.29. The number of nitrogens with zero attached hydrogens (tertiary/aromatic N) is 2. The van der Waals surface area contributed by atoms with Gasteiger partial charge in [0.1, 0.15) is 0 Å². The third-order valence-electron chi connectivity index (χ3n) is 2.57. The highest BCUT2D eigenvalue weighted by molar-refractivity contribution is 5.04. The fraction of sp³-hybridized carbons (Fsp3) is 0.750. The molecule has 0 aromatic carbocycles. The van der Waals surface area contributed by atoms with Crippen LogP contribution < -0.4 is 5.32 Å². The first-order chi connectivity index (χ1) is 8.80. The smallest absolute Gasteiger partial charge is 0.151 e. The quantitative estimate of drug-likeness (QED) is 0.658. The molecule has 0 fully saturated rings. The van der Waals surface area contributed by atoms with E-state index in [-0.39, 0.29) is 0 Å². The maximum absolute atomic E-state index is 5.29. The Balaban J connectivity index is 2.46. The fourth-order valence-electron chi connectivity index (χ4n) is 1.63. The van der Waals surface area contributed by atoms with Gasteiger partial charge in [0.2, 0.25) is 0 Å². The Morgan fingerprint density at radius 2 is 1.94 bits per heavy atom. The minimum absolute atomic E-state index is 0.696. The Hall–Kier alpha value is -0.950. The fourth-order valence-corrected chi connectivity index (χ4v) is 1.63. The molecule has 0 atom stereocenters. The first-order valence-electron chi connectivity index (χ1n) is 6.09. The molecule has 0 amide bonds. The molecule has 0 bridgehead atoms. The molecule has 1 aromatic heterocycles. The highest BCUT2D eigenvalue weighted by Gasteiger charge is 2.10. The number of methoxy groups -OCH3 is 2. The van der Waals surface area contributed by atoms with Crippen molar-refractivity contribution in [1.29, 1.82) is 0 Å². The number of rotatable bonds is 10. The topological polar surface area (TPSA) is 59.8 Å². The van der Waals surface area contributed by atoms with Gasteiger partial charge < -0.3 is 19.3 Å². The van der Waals surface area contributed by atoms with Crippen molar-refractivity contribution in [3.8, 4) is 0 Å². The van der Waals surface area contributed by atoms with E-state index in [4.69, 9.17) is 14.0 Å². The first-order valence-corrected chi connectivity index (χ1v) is 6.09. The van der Waals surface area contributed by atoms with Crippen LogP contribution in [0.5, 0.6) is 0 Å². The molecular weight excluding hydrogens is 234 g/mol. The minimum atomic E-state index is 0.696. The Bertz CT molecular complexity index is 309. The summed E-state index contributed by atoms with van der Waals surface area (Å²) in [7, 11) is 5.29. The molecule has 0 aliphatic heterocycles. The number of aromatic nitrogens is 1. The van der Waals surface area contributed by atoms with Crippen molar-refractivity contribution in [2.75, 3.05) is 47.6 Å². The Morgan fingerprint density at radius 1 is 1.28 bits per heavy atom. The van der Waals surface area contributed by atoms with Gasteiger partial charge in [-0.25, -0.2) is 0 Å². The van der Waals surface area contributed by atoms with E-state index in [1.165, 1.54) is 0 Å². The summed E-state index contributed by atoms with van der Waals surface area (Å²) in [6, 6.07) is 1.98. The molecule has 1 rings (SSSR count). The zero-order chi connectivity index (χ0) is 13.2. The standard InChI is InChI=1S/C12H23N3O3/c1-13-9-11-8-12(18-14-11)10-15(4-6-16-2)5-7-17-3/h8,13H,4-7,9-10H2,1-3H3. The van der Waals surface area contributed by atoms with Crippen LogP contribution in [0.3, 0.4) is 0 Å². The summed E-state index contributed by atoms with van der Waals surface area (Å²) >= 11 is 0. The monoisotopic (exact) mass is 257 g/mol. The second-order valence-electron chi connectivity index (χ2n) is 4.08. The number of hydrogen-bond donors (Lipinski definition) is 1. The molecule has 0 radical (unpaired) electrons. The molecule has 1 aromatic rings. The van der Waals surface area contributed by atoms with Gasteiger partial charge in [-0.2, -0.15) is 0 Å². The van der Waals surface area contributed by atoms with Crippen molar-refractivity contribution >= 4 is 0 Å². The van der Waals surface area contributed by atoms with Crippen LogP contribution in [0.15, 0.2) is 10.6 Å². The van der Waals surface area contributed by atoms with Crippen LogP contribution in [0.4, 0.5) is 0 Å². The summed E-state index contributed by atoms with van der Waals surface area (Å²) in [5, 5.41) is 7.04. The molecule has 0 saturated carbocycles. The van der Waals surface area contributed by atoms with E-state index >= 15 is 0 Å². The molecule has 6 nitrogen and oxygen atoms in total. The van der Waals surface area contributed by atoms with Crippen LogP contribution >= 0.6 is 0 Å². The number of nitrogens with one attached hydrogen (secondary N) is 1. The third-order valence-corrected chi connectivity index (χ3v) is 2.57. The van der Waals surface area contributed by atoms with Crippen LogP contribution in [-0.2, 0) is 22.6 Å². The lowest BCUT2D eigenvalue weighted by atomic mass is 10.3. The molecule has 1 heterocycles. The molecule has 0 unspecified atom stereocenters. The van der Waals surface area contributed by atoms with Gasteiger partial charge in [0, 0.05) is 39.9 Å². The predicted molar refractivity (Wildman–Crippen MR) is 68.3 cm³/mol. The lowest BCUT2D eigenvalue weighted by Crippen LogP contribution is -2.30. The normalized spacial score (nSPS) is 11.3. The van der Waals surface area contributed by atoms with Crippen molar-refractivity contribution in [2.24, 2.45) is 0 Å². The van der Waals surface area contributed by atoms with Crippen LogP contribution in [0.1, 0.15) is 11.5 Å². The molecule has 0 saturated heterocycles. The molecule has 104 valence electrons. The van der Waals surface area contributed by atoms with Crippen molar-refractivity contribution in [3.63, 3.8) is 0 Å². The van der Waals surface area contributed by atoms with Crippen molar-refractivity contribution in [3.05, 3.63) is 17.5 Å². The van der Waals surface area contributed by atoms with Gasteiger partial charge >= 0.3 is 0 Å². The molecule has 0 aliphatic carbocycles. The van der Waals surface area contributed by atoms with Gasteiger partial charge in [-0.15, -0.1) is 0 Å².